The van der Waals surface area contributed by atoms with Crippen molar-refractivity contribution in [1.82, 2.24) is 5.32 Å². The van der Waals surface area contributed by atoms with Crippen LogP contribution in [0.1, 0.15) is 36.0 Å². The van der Waals surface area contributed by atoms with Gasteiger partial charge in [0.15, 0.2) is 0 Å². The summed E-state index contributed by atoms with van der Waals surface area (Å²) in [7, 11) is 0. The summed E-state index contributed by atoms with van der Waals surface area (Å²) in [6.07, 6.45) is 2.44. The Balaban J connectivity index is 1.64. The molecular weight excluding hydrogens is 288 g/mol. The lowest BCUT2D eigenvalue weighted by Crippen LogP contribution is -2.50. The fourth-order valence-corrected chi connectivity index (χ4v) is 2.83. The molecule has 4 nitrogen and oxygen atoms in total. The summed E-state index contributed by atoms with van der Waals surface area (Å²) in [4.78, 5) is 12.1. The summed E-state index contributed by atoms with van der Waals surface area (Å²) < 4.78 is 5.32. The van der Waals surface area contributed by atoms with Crippen LogP contribution in [0.4, 0.5) is 4.79 Å². The second kappa shape index (κ2) is 6.53. The Hall–Kier alpha value is -2.80. The third-order valence-corrected chi connectivity index (χ3v) is 4.33. The molecule has 0 unspecified atom stereocenters. The third kappa shape index (κ3) is 3.35. The Morgan fingerprint density at radius 3 is 2.39 bits per heavy atom. The van der Waals surface area contributed by atoms with Crippen LogP contribution < -0.4 is 5.32 Å². The predicted octanol–water partition coefficient (Wildman–Crippen LogP) is 3.86. The van der Waals surface area contributed by atoms with Crippen LogP contribution in [0.3, 0.4) is 0 Å². The molecule has 23 heavy (non-hydrogen) atoms. The lowest BCUT2D eigenvalue weighted by atomic mass is 9.72. The Morgan fingerprint density at radius 2 is 1.83 bits per heavy atom. The number of nitriles is 1. The highest BCUT2D eigenvalue weighted by Gasteiger charge is 2.40. The van der Waals surface area contributed by atoms with Crippen LogP contribution in [0.2, 0.25) is 0 Å². The zero-order valence-corrected chi connectivity index (χ0v) is 12.8. The van der Waals surface area contributed by atoms with Gasteiger partial charge >= 0.3 is 6.09 Å². The molecule has 0 saturated heterocycles. The van der Waals surface area contributed by atoms with Crippen LogP contribution in [-0.2, 0) is 16.9 Å². The first-order valence-electron chi connectivity index (χ1n) is 7.71. The summed E-state index contributed by atoms with van der Waals surface area (Å²) in [6, 6.07) is 19.1. The monoisotopic (exact) mass is 306 g/mol. The van der Waals surface area contributed by atoms with Gasteiger partial charge in [0.25, 0.3) is 0 Å². The second-order valence-electron chi connectivity index (χ2n) is 5.81. The molecular formula is C19H18N2O2. The van der Waals surface area contributed by atoms with E-state index in [1.807, 2.05) is 42.5 Å². The standard InChI is InChI=1S/C19H18N2O2/c20-13-15-7-9-17(10-8-15)19(11-4-12-19)21-18(22)23-14-16-5-2-1-3-6-16/h1-3,5-10H,4,11-12,14H2,(H,21,22). The van der Waals surface area contributed by atoms with E-state index < -0.39 is 6.09 Å². The molecule has 0 radical (unpaired) electrons. The molecule has 2 aromatic rings. The van der Waals surface area contributed by atoms with Crippen LogP contribution >= 0.6 is 0 Å². The Bertz CT molecular complexity index is 713. The smallest absolute Gasteiger partial charge is 0.408 e. The maximum absolute atomic E-state index is 12.1. The molecule has 116 valence electrons. The van der Waals surface area contributed by atoms with Gasteiger partial charge in [0.2, 0.25) is 0 Å². The minimum absolute atomic E-state index is 0.260. The minimum Gasteiger partial charge on any atom is -0.445 e. The van der Waals surface area contributed by atoms with Crippen LogP contribution in [-0.4, -0.2) is 6.09 Å². The van der Waals surface area contributed by atoms with E-state index in [1.54, 1.807) is 12.1 Å². The fraction of sp³-hybridized carbons (Fsp3) is 0.263. The summed E-state index contributed by atoms with van der Waals surface area (Å²) in [5, 5.41) is 11.9. The molecule has 1 N–H and O–H groups in total. The van der Waals surface area contributed by atoms with E-state index >= 15 is 0 Å². The predicted molar refractivity (Wildman–Crippen MR) is 86.4 cm³/mol. The van der Waals surface area contributed by atoms with Crippen LogP contribution in [0, 0.1) is 11.3 Å². The van der Waals surface area contributed by atoms with Crippen molar-refractivity contribution >= 4 is 6.09 Å². The zero-order chi connectivity index (χ0) is 16.1. The largest absolute Gasteiger partial charge is 0.445 e. The number of nitrogens with one attached hydrogen (secondary N) is 1. The first-order valence-corrected chi connectivity index (χ1v) is 7.71. The highest BCUT2D eigenvalue weighted by Crippen LogP contribution is 2.41. The van der Waals surface area contributed by atoms with Crippen molar-refractivity contribution in [2.45, 2.75) is 31.4 Å². The van der Waals surface area contributed by atoms with Crippen LogP contribution in [0.15, 0.2) is 54.6 Å². The van der Waals surface area contributed by atoms with Gasteiger partial charge in [-0.2, -0.15) is 5.26 Å². The highest BCUT2D eigenvalue weighted by atomic mass is 16.5. The molecule has 0 heterocycles. The maximum Gasteiger partial charge on any atom is 0.408 e. The highest BCUT2D eigenvalue weighted by molar-refractivity contribution is 5.69. The number of carbonyl (C=O) groups excluding carboxylic acids is 1. The van der Waals surface area contributed by atoms with Gasteiger partial charge in [-0.05, 0) is 42.5 Å². The van der Waals surface area contributed by atoms with Crippen molar-refractivity contribution in [3.8, 4) is 6.07 Å². The van der Waals surface area contributed by atoms with Crippen molar-refractivity contribution in [2.24, 2.45) is 0 Å². The molecule has 1 saturated carbocycles. The molecule has 0 aliphatic heterocycles. The first kappa shape index (κ1) is 15.1. The van der Waals surface area contributed by atoms with Gasteiger partial charge in [-0.15, -0.1) is 0 Å². The summed E-state index contributed by atoms with van der Waals surface area (Å²) >= 11 is 0. The van der Waals surface area contributed by atoms with Crippen LogP contribution in [0.5, 0.6) is 0 Å². The van der Waals surface area contributed by atoms with E-state index in [4.69, 9.17) is 10.00 Å². The lowest BCUT2D eigenvalue weighted by molar-refractivity contribution is 0.106. The van der Waals surface area contributed by atoms with Gasteiger partial charge in [0.1, 0.15) is 6.61 Å². The number of hydrogen-bond donors (Lipinski definition) is 1. The lowest BCUT2D eigenvalue weighted by Gasteiger charge is -2.42. The van der Waals surface area contributed by atoms with Gasteiger partial charge in [0.05, 0.1) is 17.2 Å². The maximum atomic E-state index is 12.1. The molecule has 1 aliphatic carbocycles. The minimum atomic E-state index is -0.405. The number of ether oxygens (including phenoxy) is 1. The van der Waals surface area contributed by atoms with Crippen molar-refractivity contribution in [3.05, 3.63) is 71.3 Å². The molecule has 0 aromatic heterocycles. The van der Waals surface area contributed by atoms with Gasteiger partial charge in [-0.1, -0.05) is 42.5 Å². The SMILES string of the molecule is N#Cc1ccc(C2(NC(=O)OCc3ccccc3)CCC2)cc1. The average Bonchev–Trinajstić information content (AvgIpc) is 2.57. The van der Waals surface area contributed by atoms with Gasteiger partial charge in [-0.3, -0.25) is 0 Å². The third-order valence-electron chi connectivity index (χ3n) is 4.33. The Kier molecular flexibility index (Phi) is 4.29. The Morgan fingerprint density at radius 1 is 1.13 bits per heavy atom. The van der Waals surface area contributed by atoms with E-state index in [-0.39, 0.29) is 12.1 Å². The van der Waals surface area contributed by atoms with Crippen molar-refractivity contribution < 1.29 is 9.53 Å². The van der Waals surface area contributed by atoms with E-state index in [1.165, 1.54) is 0 Å². The molecule has 2 aromatic carbocycles. The molecule has 1 fully saturated rings. The summed E-state index contributed by atoms with van der Waals surface area (Å²) in [5.74, 6) is 0. The molecule has 0 bridgehead atoms. The van der Waals surface area contributed by atoms with E-state index in [9.17, 15) is 4.79 Å². The van der Waals surface area contributed by atoms with E-state index in [2.05, 4.69) is 11.4 Å². The summed E-state index contributed by atoms with van der Waals surface area (Å²) in [6.45, 7) is 0.260. The molecule has 0 spiro atoms. The molecule has 0 atom stereocenters. The van der Waals surface area contributed by atoms with Gasteiger partial charge in [-0.25, -0.2) is 4.79 Å². The quantitative estimate of drug-likeness (QED) is 0.933. The van der Waals surface area contributed by atoms with Crippen molar-refractivity contribution in [1.29, 1.82) is 5.26 Å². The topological polar surface area (TPSA) is 62.1 Å². The van der Waals surface area contributed by atoms with Crippen molar-refractivity contribution in [3.63, 3.8) is 0 Å². The number of carbonyl (C=O) groups is 1. The molecule has 4 heteroatoms. The zero-order valence-electron chi connectivity index (χ0n) is 12.8. The van der Waals surface area contributed by atoms with E-state index in [0.717, 1.165) is 30.4 Å². The van der Waals surface area contributed by atoms with E-state index in [0.29, 0.717) is 5.56 Å². The second-order valence-corrected chi connectivity index (χ2v) is 5.81. The first-order chi connectivity index (χ1) is 11.2. The number of benzene rings is 2. The van der Waals surface area contributed by atoms with Gasteiger partial charge < -0.3 is 10.1 Å². The molecule has 1 amide bonds. The van der Waals surface area contributed by atoms with Gasteiger partial charge in [0, 0.05) is 0 Å². The van der Waals surface area contributed by atoms with Crippen LogP contribution in [0.25, 0.3) is 0 Å². The Labute approximate surface area is 135 Å². The summed E-state index contributed by atoms with van der Waals surface area (Å²) in [5.41, 5.74) is 2.25. The number of nitrogens with zero attached hydrogens (tertiary/aromatic N) is 1. The average molecular weight is 306 g/mol. The number of amides is 1. The number of hydrogen-bond acceptors (Lipinski definition) is 3. The number of rotatable bonds is 4. The molecule has 1 aliphatic rings. The normalized spacial score (nSPS) is 15.1. The van der Waals surface area contributed by atoms with Crippen molar-refractivity contribution in [2.75, 3.05) is 0 Å². The number of alkyl carbamates (subject to hydrolysis) is 1. The fourth-order valence-electron chi connectivity index (χ4n) is 2.83. The molecule has 3 rings (SSSR count).